The first kappa shape index (κ1) is 19.4. The van der Waals surface area contributed by atoms with Crippen LogP contribution in [-0.4, -0.2) is 25.7 Å². The molecule has 30 heavy (non-hydrogen) atoms. The SMILES string of the molecule is C=C(NNC(=O)COc1ccccc1-c1ccccc1)c1ccc2c(c1)OCCO2. The fourth-order valence-electron chi connectivity index (χ4n) is 3.08. The summed E-state index contributed by atoms with van der Waals surface area (Å²) in [5, 5.41) is 0. The van der Waals surface area contributed by atoms with Crippen LogP contribution < -0.4 is 25.1 Å². The van der Waals surface area contributed by atoms with Crippen molar-refractivity contribution in [3.8, 4) is 28.4 Å². The van der Waals surface area contributed by atoms with Crippen LogP contribution in [0, 0.1) is 0 Å². The molecule has 0 atom stereocenters. The van der Waals surface area contributed by atoms with Crippen molar-refractivity contribution in [3.05, 3.63) is 84.9 Å². The molecule has 0 saturated heterocycles. The van der Waals surface area contributed by atoms with Crippen LogP contribution in [0.2, 0.25) is 0 Å². The summed E-state index contributed by atoms with van der Waals surface area (Å²) >= 11 is 0. The highest BCUT2D eigenvalue weighted by molar-refractivity contribution is 5.79. The van der Waals surface area contributed by atoms with E-state index in [1.807, 2.05) is 72.8 Å². The van der Waals surface area contributed by atoms with Crippen molar-refractivity contribution in [1.29, 1.82) is 0 Å². The number of carbonyl (C=O) groups is 1. The number of amides is 1. The average Bonchev–Trinajstić information content (AvgIpc) is 2.81. The molecule has 4 rings (SSSR count). The lowest BCUT2D eigenvalue weighted by Gasteiger charge is -2.19. The molecule has 152 valence electrons. The van der Waals surface area contributed by atoms with Gasteiger partial charge in [-0.25, -0.2) is 0 Å². The van der Waals surface area contributed by atoms with Crippen molar-refractivity contribution in [1.82, 2.24) is 10.9 Å². The van der Waals surface area contributed by atoms with Crippen LogP contribution in [0.1, 0.15) is 5.56 Å². The lowest BCUT2D eigenvalue weighted by molar-refractivity contribution is -0.123. The van der Waals surface area contributed by atoms with E-state index < -0.39 is 0 Å². The minimum Gasteiger partial charge on any atom is -0.486 e. The molecule has 1 aliphatic rings. The lowest BCUT2D eigenvalue weighted by atomic mass is 10.1. The number of rotatable bonds is 7. The molecular formula is C24H22N2O4. The molecule has 6 heteroatoms. The number of ether oxygens (including phenoxy) is 3. The second-order valence-electron chi connectivity index (χ2n) is 6.66. The fourth-order valence-corrected chi connectivity index (χ4v) is 3.08. The monoisotopic (exact) mass is 402 g/mol. The van der Waals surface area contributed by atoms with E-state index in [2.05, 4.69) is 17.4 Å². The lowest BCUT2D eigenvalue weighted by Crippen LogP contribution is -2.39. The molecule has 1 heterocycles. The summed E-state index contributed by atoms with van der Waals surface area (Å²) in [6, 6.07) is 23.0. The minimum absolute atomic E-state index is 0.134. The van der Waals surface area contributed by atoms with Gasteiger partial charge in [0.05, 0.1) is 5.70 Å². The first-order valence-electron chi connectivity index (χ1n) is 9.62. The molecule has 1 aliphatic heterocycles. The van der Waals surface area contributed by atoms with Gasteiger partial charge in [-0.15, -0.1) is 0 Å². The molecule has 3 aromatic carbocycles. The van der Waals surface area contributed by atoms with E-state index in [-0.39, 0.29) is 12.5 Å². The van der Waals surface area contributed by atoms with Crippen LogP contribution in [-0.2, 0) is 4.79 Å². The molecule has 0 unspecified atom stereocenters. The van der Waals surface area contributed by atoms with E-state index in [0.29, 0.717) is 36.2 Å². The fraction of sp³-hybridized carbons (Fsp3) is 0.125. The zero-order chi connectivity index (χ0) is 20.8. The summed E-state index contributed by atoms with van der Waals surface area (Å²) in [6.07, 6.45) is 0. The predicted molar refractivity (Wildman–Crippen MR) is 115 cm³/mol. The quantitative estimate of drug-likeness (QED) is 0.589. The average molecular weight is 402 g/mol. The second kappa shape index (κ2) is 9.05. The topological polar surface area (TPSA) is 68.8 Å². The van der Waals surface area contributed by atoms with Crippen molar-refractivity contribution in [2.75, 3.05) is 19.8 Å². The first-order chi connectivity index (χ1) is 14.7. The van der Waals surface area contributed by atoms with Crippen LogP contribution in [0.4, 0.5) is 0 Å². The Balaban J connectivity index is 1.32. The van der Waals surface area contributed by atoms with E-state index in [1.54, 1.807) is 0 Å². The van der Waals surface area contributed by atoms with Gasteiger partial charge in [0.15, 0.2) is 18.1 Å². The third-order valence-corrected chi connectivity index (χ3v) is 4.57. The Labute approximate surface area is 175 Å². The molecule has 0 aliphatic carbocycles. The van der Waals surface area contributed by atoms with Crippen LogP contribution in [0.15, 0.2) is 79.4 Å². The van der Waals surface area contributed by atoms with Crippen molar-refractivity contribution < 1.29 is 19.0 Å². The number of nitrogens with one attached hydrogen (secondary N) is 2. The zero-order valence-corrected chi connectivity index (χ0v) is 16.4. The van der Waals surface area contributed by atoms with Gasteiger partial charge < -0.3 is 14.2 Å². The van der Waals surface area contributed by atoms with E-state index >= 15 is 0 Å². The molecule has 3 aromatic rings. The number of benzene rings is 3. The van der Waals surface area contributed by atoms with Gasteiger partial charge in [-0.2, -0.15) is 0 Å². The van der Waals surface area contributed by atoms with Crippen molar-refractivity contribution in [3.63, 3.8) is 0 Å². The molecule has 6 nitrogen and oxygen atoms in total. The molecular weight excluding hydrogens is 380 g/mol. The number of hydrogen-bond acceptors (Lipinski definition) is 5. The largest absolute Gasteiger partial charge is 0.486 e. The van der Waals surface area contributed by atoms with E-state index in [4.69, 9.17) is 14.2 Å². The van der Waals surface area contributed by atoms with Gasteiger partial charge in [0, 0.05) is 11.1 Å². The van der Waals surface area contributed by atoms with Crippen LogP contribution in [0.3, 0.4) is 0 Å². The normalized spacial score (nSPS) is 12.0. The van der Waals surface area contributed by atoms with Crippen molar-refractivity contribution >= 4 is 11.6 Å². The minimum atomic E-state index is -0.323. The number of hydrazine groups is 1. The third-order valence-electron chi connectivity index (χ3n) is 4.57. The highest BCUT2D eigenvalue weighted by Gasteiger charge is 2.13. The maximum absolute atomic E-state index is 12.2. The van der Waals surface area contributed by atoms with E-state index in [1.165, 1.54) is 0 Å². The maximum Gasteiger partial charge on any atom is 0.276 e. The van der Waals surface area contributed by atoms with Crippen molar-refractivity contribution in [2.24, 2.45) is 0 Å². The predicted octanol–water partition coefficient (Wildman–Crippen LogP) is 3.80. The Morgan fingerprint density at radius 1 is 0.900 bits per heavy atom. The van der Waals surface area contributed by atoms with Crippen LogP contribution >= 0.6 is 0 Å². The molecule has 0 radical (unpaired) electrons. The van der Waals surface area contributed by atoms with Gasteiger partial charge in [-0.1, -0.05) is 55.1 Å². The Bertz CT molecular complexity index is 1050. The molecule has 0 spiro atoms. The van der Waals surface area contributed by atoms with Gasteiger partial charge in [0.25, 0.3) is 5.91 Å². The van der Waals surface area contributed by atoms with Crippen LogP contribution in [0.25, 0.3) is 16.8 Å². The molecule has 1 amide bonds. The molecule has 2 N–H and O–H groups in total. The van der Waals surface area contributed by atoms with Crippen LogP contribution in [0.5, 0.6) is 17.2 Å². The standard InChI is InChI=1S/C24H22N2O4/c1-17(19-11-12-22-23(15-19)29-14-13-28-22)25-26-24(27)16-30-21-10-6-5-9-20(21)18-7-3-2-4-8-18/h2-12,15,25H,1,13-14,16H2,(H,26,27). The van der Waals surface area contributed by atoms with Gasteiger partial charge in [-0.05, 0) is 29.8 Å². The summed E-state index contributed by atoms with van der Waals surface area (Å²) in [4.78, 5) is 12.2. The Hall–Kier alpha value is -3.93. The molecule has 0 aromatic heterocycles. The second-order valence-corrected chi connectivity index (χ2v) is 6.66. The summed E-state index contributed by atoms with van der Waals surface area (Å²) in [6.45, 7) is 4.87. The molecule has 0 fully saturated rings. The third kappa shape index (κ3) is 4.55. The first-order valence-corrected chi connectivity index (χ1v) is 9.62. The summed E-state index contributed by atoms with van der Waals surface area (Å²) in [5.41, 5.74) is 8.70. The van der Waals surface area contributed by atoms with Gasteiger partial charge in [0.1, 0.15) is 19.0 Å². The number of hydrogen-bond donors (Lipinski definition) is 2. The van der Waals surface area contributed by atoms with Gasteiger partial charge in [-0.3, -0.25) is 15.6 Å². The number of para-hydroxylation sites is 1. The summed E-state index contributed by atoms with van der Waals surface area (Å²) in [7, 11) is 0. The molecule has 0 bridgehead atoms. The number of fused-ring (bicyclic) bond motifs is 1. The highest BCUT2D eigenvalue weighted by Crippen LogP contribution is 2.32. The van der Waals surface area contributed by atoms with E-state index in [0.717, 1.165) is 16.7 Å². The summed E-state index contributed by atoms with van der Waals surface area (Å²) in [5.74, 6) is 1.68. The smallest absolute Gasteiger partial charge is 0.276 e. The Morgan fingerprint density at radius 2 is 1.63 bits per heavy atom. The Kier molecular flexibility index (Phi) is 5.85. The Morgan fingerprint density at radius 3 is 2.47 bits per heavy atom. The summed E-state index contributed by atoms with van der Waals surface area (Å²) < 4.78 is 16.8. The van der Waals surface area contributed by atoms with Crippen molar-refractivity contribution in [2.45, 2.75) is 0 Å². The zero-order valence-electron chi connectivity index (χ0n) is 16.4. The van der Waals surface area contributed by atoms with Gasteiger partial charge in [0.2, 0.25) is 0 Å². The molecule has 0 saturated carbocycles. The maximum atomic E-state index is 12.2. The number of carbonyl (C=O) groups excluding carboxylic acids is 1. The van der Waals surface area contributed by atoms with E-state index in [9.17, 15) is 4.79 Å². The highest BCUT2D eigenvalue weighted by atomic mass is 16.6. The van der Waals surface area contributed by atoms with Gasteiger partial charge >= 0.3 is 0 Å².